The molecule has 0 radical (unpaired) electrons. The maximum Gasteiger partial charge on any atom is 0.337 e. The van der Waals surface area contributed by atoms with Crippen LogP contribution in [0.3, 0.4) is 0 Å². The minimum Gasteiger partial charge on any atom is -0.493 e. The monoisotopic (exact) mass is 1960 g/mol. The van der Waals surface area contributed by atoms with Crippen molar-refractivity contribution in [2.75, 3.05) is 26.4 Å². The van der Waals surface area contributed by atoms with Crippen molar-refractivity contribution in [1.82, 2.24) is 19.9 Å². The van der Waals surface area contributed by atoms with Gasteiger partial charge in [-0.25, -0.2) is 28.9 Å². The summed E-state index contributed by atoms with van der Waals surface area (Å²) < 4.78 is 48.8. The van der Waals surface area contributed by atoms with Crippen LogP contribution in [-0.4, -0.2) is 125 Å². The summed E-state index contributed by atoms with van der Waals surface area (Å²) in [6, 6.07) is 52.7. The van der Waals surface area contributed by atoms with Gasteiger partial charge in [-0.05, 0) is 328 Å². The molecule has 0 aliphatic carbocycles. The summed E-state index contributed by atoms with van der Waals surface area (Å²) in [6.45, 7) is 48.0. The Bertz CT molecular complexity index is 7660. The van der Waals surface area contributed by atoms with Crippen molar-refractivity contribution in [3.63, 3.8) is 0 Å². The Balaban J connectivity index is 0.000000133. The highest BCUT2D eigenvalue weighted by atomic mass is 16.6. The molecule has 8 heterocycles. The fraction of sp³-hybridized carbons (Fsp3) is 0.300. The molecule has 4 aliphatic rings. The lowest BCUT2D eigenvalue weighted by Gasteiger charge is -2.31. The SMILES string of the molecule is CCC(C)(C)O[C@H](C(=O)O)c1c(C)cc2cc(C(N)=O)ccc2c1-c1ccc2c3c(ccnc13)CCO2.CCC(C)(C)O[C@H](C(=O)O)c1c(C)cc2cc(C(N)=O)ccc2c1-c1ccc2c3c(ccnc13)CCO2.[C-]#[N+]c1ccc2c(-c3ccc4c5c(ccnc35)CCO4)c([C@H](OC(C)(C)CC)C(=O)O)c(C)cc2c1.[C-]#[N+]c1ccc2c(-c3ccc4c5c(ccnc35)CCO4)c([C@H](OC(C)(C)CC)C(=O)O)c(C)cc2c1. The minimum atomic E-state index is -1.22. The van der Waals surface area contributed by atoms with Gasteiger partial charge in [-0.1, -0.05) is 88.4 Å². The Morgan fingerprint density at radius 1 is 0.336 bits per heavy atom. The van der Waals surface area contributed by atoms with Crippen LogP contribution in [0.4, 0.5) is 11.4 Å². The van der Waals surface area contributed by atoms with Gasteiger partial charge in [0.2, 0.25) is 11.8 Å². The van der Waals surface area contributed by atoms with E-state index in [1.54, 1.807) is 61.2 Å². The van der Waals surface area contributed by atoms with E-state index in [-0.39, 0.29) is 0 Å². The number of hydrogen-bond acceptors (Lipinski definition) is 18. The summed E-state index contributed by atoms with van der Waals surface area (Å²) in [5.74, 6) is -2.18. The number of pyridine rings is 4. The largest absolute Gasteiger partial charge is 0.493 e. The number of aryl methyl sites for hydroxylation is 4. The highest BCUT2D eigenvalue weighted by Crippen LogP contribution is 2.53. The maximum atomic E-state index is 12.7. The highest BCUT2D eigenvalue weighted by molar-refractivity contribution is 6.15. The van der Waals surface area contributed by atoms with Crippen LogP contribution in [0.15, 0.2) is 195 Å². The molecule has 4 atom stereocenters. The van der Waals surface area contributed by atoms with E-state index in [4.69, 9.17) is 82.4 Å². The molecular weight excluding hydrogens is 1840 g/mol. The summed E-state index contributed by atoms with van der Waals surface area (Å²) in [5.41, 5.74) is 29.5. The quantitative estimate of drug-likeness (QED) is 0.0274. The van der Waals surface area contributed by atoms with Crippen molar-refractivity contribution >= 4 is 134 Å². The number of carboxylic acid groups (broad SMARTS) is 4. The standard InChI is InChI=1S/2C30H30N2O5.2C30H28N2O4/c2*1-5-30(3,4)37-27(29(34)35)23-16(2)14-19-15-18(28(31)33)6-7-20(19)25(23)21-8-9-22-24-17(11-13-36-22)10-12-32-26(21)24;2*1-6-30(3,4)36-28(29(33)34)24-17(2)15-19-16-20(31-5)7-8-21(19)26(24)22-9-10-23-25-18(12-14-35-23)11-13-32-27(22)25/h2*6-10,12,14-15,27H,5,11,13H2,1-4H3,(H2,31,33)(H,34,35);2*7-11,13,15-16,28H,6,12,14H2,1-4H3,(H,33,34)/t2*27-;2*28-/m0000/s1. The third-order valence-electron chi connectivity index (χ3n) is 28.8. The van der Waals surface area contributed by atoms with Crippen molar-refractivity contribution in [2.45, 2.75) is 209 Å². The summed E-state index contributed by atoms with van der Waals surface area (Å²) in [7, 11) is 0. The first-order valence-corrected chi connectivity index (χ1v) is 49.1. The van der Waals surface area contributed by atoms with Gasteiger partial charge in [0.25, 0.3) is 0 Å². The Kier molecular flexibility index (Phi) is 28.4. The number of benzene rings is 12. The fourth-order valence-electron chi connectivity index (χ4n) is 20.1. The Morgan fingerprint density at radius 2 is 0.562 bits per heavy atom. The molecule has 12 aromatic carbocycles. The number of amides is 2. The molecule has 0 unspecified atom stereocenters. The molecule has 2 amide bonds. The summed E-state index contributed by atoms with van der Waals surface area (Å²) in [4.78, 5) is 101. The van der Waals surface area contributed by atoms with E-state index < -0.39 is 82.5 Å². The van der Waals surface area contributed by atoms with Gasteiger partial charge in [-0.15, -0.1) is 0 Å². The number of carboxylic acids is 4. The van der Waals surface area contributed by atoms with Crippen LogP contribution in [0.5, 0.6) is 23.0 Å². The van der Waals surface area contributed by atoms with Gasteiger partial charge in [0.15, 0.2) is 35.8 Å². The zero-order chi connectivity index (χ0) is 104. The number of aromatic nitrogens is 4. The Labute approximate surface area is 845 Å². The van der Waals surface area contributed by atoms with E-state index in [9.17, 15) is 49.2 Å². The predicted octanol–water partition coefficient (Wildman–Crippen LogP) is 25.8. The molecule has 0 spiro atoms. The van der Waals surface area contributed by atoms with Crippen LogP contribution in [0.25, 0.3) is 141 Å². The van der Waals surface area contributed by atoms with E-state index in [0.29, 0.717) is 108 Å². The molecular formula is C120H116N8O18. The zero-order valence-electron chi connectivity index (χ0n) is 84.6. The number of primary amides is 2. The second-order valence-electron chi connectivity index (χ2n) is 40.0. The van der Waals surface area contributed by atoms with Crippen molar-refractivity contribution in [3.8, 4) is 67.5 Å². The molecule has 8 N–H and O–H groups in total. The first-order chi connectivity index (χ1) is 69.7. The molecule has 0 saturated carbocycles. The third kappa shape index (κ3) is 19.7. The van der Waals surface area contributed by atoms with Gasteiger partial charge < -0.3 is 69.8 Å². The first-order valence-electron chi connectivity index (χ1n) is 49.1. The van der Waals surface area contributed by atoms with Crippen LogP contribution >= 0.6 is 0 Å². The van der Waals surface area contributed by atoms with E-state index in [0.717, 1.165) is 213 Å². The number of carbonyl (C=O) groups excluding carboxylic acids is 2. The number of rotatable bonds is 26. The Hall–Kier alpha value is -15.8. The summed E-state index contributed by atoms with van der Waals surface area (Å²) >= 11 is 0. The number of hydrogen-bond donors (Lipinski definition) is 6. The smallest absolute Gasteiger partial charge is 0.337 e. The maximum absolute atomic E-state index is 12.7. The molecule has 0 saturated heterocycles. The second-order valence-corrected chi connectivity index (χ2v) is 40.0. The second kappa shape index (κ2) is 40.8. The number of nitrogens with zero attached hydrogens (tertiary/aromatic N) is 6. The number of carbonyl (C=O) groups is 6. The van der Waals surface area contributed by atoms with Gasteiger partial charge in [0.05, 0.1) is 84.0 Å². The molecule has 26 heteroatoms. The summed E-state index contributed by atoms with van der Waals surface area (Å²) in [6.07, 6.45) is 8.09. The molecule has 0 bridgehead atoms. The molecule has 744 valence electrons. The average molecular weight is 1960 g/mol. The topological polar surface area (TPSA) is 370 Å². The van der Waals surface area contributed by atoms with Crippen LogP contribution in [0.2, 0.25) is 0 Å². The minimum absolute atomic E-state index is 0.382. The molecule has 16 aromatic rings. The van der Waals surface area contributed by atoms with Crippen molar-refractivity contribution in [2.24, 2.45) is 11.5 Å². The van der Waals surface area contributed by atoms with Crippen LogP contribution in [0.1, 0.15) is 221 Å². The highest BCUT2D eigenvalue weighted by Gasteiger charge is 2.41. The molecule has 4 aliphatic heterocycles. The zero-order valence-corrected chi connectivity index (χ0v) is 84.6. The van der Waals surface area contributed by atoms with Crippen molar-refractivity contribution < 1.29 is 87.1 Å². The molecule has 146 heavy (non-hydrogen) atoms. The van der Waals surface area contributed by atoms with E-state index >= 15 is 0 Å². The van der Waals surface area contributed by atoms with Crippen LogP contribution < -0.4 is 30.4 Å². The van der Waals surface area contributed by atoms with Crippen LogP contribution in [0, 0.1) is 40.8 Å². The third-order valence-corrected chi connectivity index (χ3v) is 28.8. The van der Waals surface area contributed by atoms with Gasteiger partial charge >= 0.3 is 23.9 Å². The molecule has 26 nitrogen and oxygen atoms in total. The van der Waals surface area contributed by atoms with Crippen molar-refractivity contribution in [3.05, 3.63) is 295 Å². The van der Waals surface area contributed by atoms with E-state index in [1.165, 1.54) is 0 Å². The number of aliphatic carboxylic acids is 4. The van der Waals surface area contributed by atoms with Gasteiger partial charge in [-0.3, -0.25) is 29.5 Å². The predicted molar refractivity (Wildman–Crippen MR) is 567 cm³/mol. The van der Waals surface area contributed by atoms with Crippen LogP contribution in [-0.2, 0) is 63.8 Å². The lowest BCUT2D eigenvalue weighted by atomic mass is 9.85. The van der Waals surface area contributed by atoms with Crippen molar-refractivity contribution in [1.29, 1.82) is 0 Å². The molecule has 4 aromatic heterocycles. The van der Waals surface area contributed by atoms with Gasteiger partial charge in [-0.2, -0.15) is 0 Å². The number of nitrogens with two attached hydrogens (primary N) is 2. The van der Waals surface area contributed by atoms with Gasteiger partial charge in [0, 0.05) is 128 Å². The van der Waals surface area contributed by atoms with E-state index in [2.05, 4.69) is 9.69 Å². The average Bonchev–Trinajstić information content (AvgIpc) is 0.742. The van der Waals surface area contributed by atoms with E-state index in [1.807, 2.05) is 244 Å². The Morgan fingerprint density at radius 3 is 0.774 bits per heavy atom. The normalized spacial score (nSPS) is 13.9. The molecule has 20 rings (SSSR count). The lowest BCUT2D eigenvalue weighted by molar-refractivity contribution is -0.163. The summed E-state index contributed by atoms with van der Waals surface area (Å²) in [5, 5.41) is 51.9. The van der Waals surface area contributed by atoms with Gasteiger partial charge in [0.1, 0.15) is 23.0 Å². The first kappa shape index (κ1) is 102. The number of fused-ring (bicyclic) bond motifs is 4. The molecule has 0 fully saturated rings. The lowest BCUT2D eigenvalue weighted by Crippen LogP contribution is -2.30. The number of ether oxygens (including phenoxy) is 8. The fourth-order valence-corrected chi connectivity index (χ4v) is 20.1.